The van der Waals surface area contributed by atoms with Gasteiger partial charge >= 0.3 is 0 Å². The van der Waals surface area contributed by atoms with Gasteiger partial charge in [-0.1, -0.05) is 6.07 Å². The smallest absolute Gasteiger partial charge is 0.228 e. The third-order valence-electron chi connectivity index (χ3n) is 2.91. The SMILES string of the molecule is Cc1cccnc1N1CC(CS(N)(=O)=O)CC1=O. The van der Waals surface area contributed by atoms with Gasteiger partial charge in [-0.3, -0.25) is 9.69 Å². The Morgan fingerprint density at radius 3 is 2.89 bits per heavy atom. The molecule has 1 saturated heterocycles. The number of anilines is 1. The number of rotatable bonds is 3. The van der Waals surface area contributed by atoms with Gasteiger partial charge in [0.15, 0.2) is 0 Å². The molecule has 1 aliphatic heterocycles. The average molecular weight is 269 g/mol. The van der Waals surface area contributed by atoms with Crippen LogP contribution in [0.2, 0.25) is 0 Å². The van der Waals surface area contributed by atoms with Crippen LogP contribution in [0.15, 0.2) is 18.3 Å². The molecule has 0 aliphatic carbocycles. The van der Waals surface area contributed by atoms with Gasteiger partial charge in [-0.25, -0.2) is 18.5 Å². The van der Waals surface area contributed by atoms with E-state index in [1.165, 1.54) is 4.90 Å². The molecule has 0 spiro atoms. The summed E-state index contributed by atoms with van der Waals surface area (Å²) in [6, 6.07) is 3.66. The van der Waals surface area contributed by atoms with Crippen molar-refractivity contribution in [3.05, 3.63) is 23.9 Å². The van der Waals surface area contributed by atoms with Crippen LogP contribution >= 0.6 is 0 Å². The lowest BCUT2D eigenvalue weighted by atomic mass is 10.1. The number of sulfonamides is 1. The number of primary sulfonamides is 1. The molecule has 2 rings (SSSR count). The van der Waals surface area contributed by atoms with Gasteiger partial charge in [0.25, 0.3) is 0 Å². The Hall–Kier alpha value is -1.47. The standard InChI is InChI=1S/C11H15N3O3S/c1-8-3-2-4-13-11(8)14-6-9(5-10(14)15)7-18(12,16)17/h2-4,9H,5-7H2,1H3,(H2,12,16,17). The molecule has 1 aliphatic rings. The summed E-state index contributed by atoms with van der Waals surface area (Å²) >= 11 is 0. The van der Waals surface area contributed by atoms with Crippen LogP contribution in [-0.4, -0.2) is 31.6 Å². The zero-order chi connectivity index (χ0) is 13.3. The largest absolute Gasteiger partial charge is 0.296 e. The van der Waals surface area contributed by atoms with Gasteiger partial charge in [-0.05, 0) is 18.6 Å². The maximum absolute atomic E-state index is 11.9. The fraction of sp³-hybridized carbons (Fsp3) is 0.455. The van der Waals surface area contributed by atoms with Gasteiger partial charge < -0.3 is 0 Å². The summed E-state index contributed by atoms with van der Waals surface area (Å²) in [6.07, 6.45) is 1.81. The number of hydrogen-bond donors (Lipinski definition) is 1. The van der Waals surface area contributed by atoms with E-state index in [-0.39, 0.29) is 24.0 Å². The minimum absolute atomic E-state index is 0.106. The molecule has 1 fully saturated rings. The van der Waals surface area contributed by atoms with E-state index in [1.807, 2.05) is 13.0 Å². The van der Waals surface area contributed by atoms with Crippen molar-refractivity contribution in [3.8, 4) is 0 Å². The summed E-state index contributed by atoms with van der Waals surface area (Å²) in [5.41, 5.74) is 0.891. The van der Waals surface area contributed by atoms with E-state index in [2.05, 4.69) is 4.98 Å². The highest BCUT2D eigenvalue weighted by Crippen LogP contribution is 2.26. The number of carbonyl (C=O) groups is 1. The van der Waals surface area contributed by atoms with Crippen LogP contribution in [-0.2, 0) is 14.8 Å². The van der Waals surface area contributed by atoms with Gasteiger partial charge in [-0.15, -0.1) is 0 Å². The van der Waals surface area contributed by atoms with Crippen molar-refractivity contribution in [1.29, 1.82) is 0 Å². The molecular weight excluding hydrogens is 254 g/mol. The Morgan fingerprint density at radius 1 is 1.56 bits per heavy atom. The highest BCUT2D eigenvalue weighted by molar-refractivity contribution is 7.89. The lowest BCUT2D eigenvalue weighted by molar-refractivity contribution is -0.117. The number of nitrogens with two attached hydrogens (primary N) is 1. The second-order valence-corrected chi connectivity index (χ2v) is 6.21. The van der Waals surface area contributed by atoms with Crippen molar-refractivity contribution >= 4 is 21.7 Å². The number of pyridine rings is 1. The van der Waals surface area contributed by atoms with Crippen molar-refractivity contribution in [3.63, 3.8) is 0 Å². The van der Waals surface area contributed by atoms with Crippen LogP contribution in [0.5, 0.6) is 0 Å². The number of amides is 1. The van der Waals surface area contributed by atoms with Crippen LogP contribution < -0.4 is 10.0 Å². The molecule has 2 N–H and O–H groups in total. The van der Waals surface area contributed by atoms with Crippen LogP contribution in [0.25, 0.3) is 0 Å². The highest BCUT2D eigenvalue weighted by Gasteiger charge is 2.33. The topological polar surface area (TPSA) is 93.4 Å². The van der Waals surface area contributed by atoms with Crippen molar-refractivity contribution in [2.24, 2.45) is 11.1 Å². The Kier molecular flexibility index (Phi) is 3.36. The first-order valence-corrected chi connectivity index (χ1v) is 7.31. The van der Waals surface area contributed by atoms with Crippen molar-refractivity contribution in [2.75, 3.05) is 17.2 Å². The quantitative estimate of drug-likeness (QED) is 0.837. The molecule has 0 aromatic carbocycles. The molecule has 6 nitrogen and oxygen atoms in total. The molecule has 0 saturated carbocycles. The number of nitrogens with zero attached hydrogens (tertiary/aromatic N) is 2. The van der Waals surface area contributed by atoms with E-state index in [9.17, 15) is 13.2 Å². The summed E-state index contributed by atoms with van der Waals surface area (Å²) in [4.78, 5) is 17.6. The lowest BCUT2D eigenvalue weighted by Crippen LogP contribution is -2.28. The molecule has 7 heteroatoms. The van der Waals surface area contributed by atoms with Crippen LogP contribution in [0.3, 0.4) is 0 Å². The van der Waals surface area contributed by atoms with Gasteiger partial charge in [0, 0.05) is 25.1 Å². The average Bonchev–Trinajstić information content (AvgIpc) is 2.57. The maximum atomic E-state index is 11.9. The Morgan fingerprint density at radius 2 is 2.28 bits per heavy atom. The molecule has 2 heterocycles. The number of carbonyl (C=O) groups excluding carboxylic acids is 1. The Bertz CT molecular complexity index is 571. The highest BCUT2D eigenvalue weighted by atomic mass is 32.2. The van der Waals surface area contributed by atoms with E-state index < -0.39 is 10.0 Å². The molecule has 1 aromatic heterocycles. The summed E-state index contributed by atoms with van der Waals surface area (Å²) in [5.74, 6) is 0.0694. The lowest BCUT2D eigenvalue weighted by Gasteiger charge is -2.17. The minimum Gasteiger partial charge on any atom is -0.296 e. The number of aryl methyl sites for hydroxylation is 1. The fourth-order valence-corrected chi connectivity index (χ4v) is 3.07. The number of aromatic nitrogens is 1. The van der Waals surface area contributed by atoms with E-state index >= 15 is 0 Å². The monoisotopic (exact) mass is 269 g/mol. The molecule has 1 aromatic rings. The van der Waals surface area contributed by atoms with Gasteiger partial charge in [0.05, 0.1) is 5.75 Å². The van der Waals surface area contributed by atoms with Crippen LogP contribution in [0, 0.1) is 12.8 Å². The van der Waals surface area contributed by atoms with Crippen molar-refractivity contribution in [2.45, 2.75) is 13.3 Å². The first kappa shape index (κ1) is 13.0. The molecule has 98 valence electrons. The first-order valence-electron chi connectivity index (χ1n) is 5.59. The molecular formula is C11H15N3O3S. The molecule has 1 unspecified atom stereocenters. The summed E-state index contributed by atoms with van der Waals surface area (Å²) in [7, 11) is -3.55. The van der Waals surface area contributed by atoms with E-state index in [0.717, 1.165) is 5.56 Å². The third-order valence-corrected chi connectivity index (χ3v) is 3.85. The third kappa shape index (κ3) is 2.85. The molecule has 1 atom stereocenters. The van der Waals surface area contributed by atoms with Crippen LogP contribution in [0.1, 0.15) is 12.0 Å². The van der Waals surface area contributed by atoms with Gasteiger partial charge in [0.1, 0.15) is 5.82 Å². The molecule has 1 amide bonds. The first-order chi connectivity index (χ1) is 8.37. The summed E-state index contributed by atoms with van der Waals surface area (Å²) in [6.45, 7) is 2.22. The predicted molar refractivity (Wildman–Crippen MR) is 67.4 cm³/mol. The second kappa shape index (κ2) is 4.66. The normalized spacial score (nSPS) is 20.4. The zero-order valence-corrected chi connectivity index (χ0v) is 10.9. The second-order valence-electron chi connectivity index (χ2n) is 4.55. The molecule has 0 radical (unpaired) electrons. The summed E-state index contributed by atoms with van der Waals surface area (Å²) < 4.78 is 22.1. The van der Waals surface area contributed by atoms with Crippen molar-refractivity contribution < 1.29 is 13.2 Å². The molecule has 0 bridgehead atoms. The minimum atomic E-state index is -3.55. The zero-order valence-electron chi connectivity index (χ0n) is 10.0. The van der Waals surface area contributed by atoms with E-state index in [4.69, 9.17) is 5.14 Å². The Balaban J connectivity index is 2.18. The molecule has 18 heavy (non-hydrogen) atoms. The fourth-order valence-electron chi connectivity index (χ4n) is 2.19. The van der Waals surface area contributed by atoms with E-state index in [1.54, 1.807) is 12.3 Å². The maximum Gasteiger partial charge on any atom is 0.228 e. The van der Waals surface area contributed by atoms with E-state index in [0.29, 0.717) is 12.4 Å². The van der Waals surface area contributed by atoms with Crippen molar-refractivity contribution in [1.82, 2.24) is 4.98 Å². The Labute approximate surface area is 106 Å². The van der Waals surface area contributed by atoms with Crippen LogP contribution in [0.4, 0.5) is 5.82 Å². The number of hydrogen-bond acceptors (Lipinski definition) is 4. The van der Waals surface area contributed by atoms with Gasteiger partial charge in [0.2, 0.25) is 15.9 Å². The van der Waals surface area contributed by atoms with Gasteiger partial charge in [-0.2, -0.15) is 0 Å². The summed E-state index contributed by atoms with van der Waals surface area (Å²) in [5, 5.41) is 5.00. The predicted octanol–water partition coefficient (Wildman–Crippen LogP) is 0.0314.